The number of fused-ring (bicyclic) bond motifs is 3. The quantitative estimate of drug-likeness (QED) is 0.294. The zero-order valence-electron chi connectivity index (χ0n) is 23.6. The molecule has 5 rings (SSSR count). The predicted octanol–water partition coefficient (Wildman–Crippen LogP) is 4.48. The molecule has 10 heteroatoms. The monoisotopic (exact) mass is 549 g/mol. The van der Waals surface area contributed by atoms with Gasteiger partial charge in [-0.3, -0.25) is 4.79 Å². The lowest BCUT2D eigenvalue weighted by atomic mass is 9.95. The van der Waals surface area contributed by atoms with Crippen molar-refractivity contribution in [2.45, 2.75) is 77.4 Å². The molecule has 0 saturated heterocycles. The van der Waals surface area contributed by atoms with Gasteiger partial charge in [0.05, 0.1) is 0 Å². The lowest BCUT2D eigenvalue weighted by Crippen LogP contribution is -2.53. The van der Waals surface area contributed by atoms with Gasteiger partial charge in [0, 0.05) is 36.6 Å². The fraction of sp³-hybridized carbons (Fsp3) is 0.533. The number of para-hydroxylation sites is 1. The first-order valence-corrected chi connectivity index (χ1v) is 14.2. The molecule has 2 aromatic heterocycles. The lowest BCUT2D eigenvalue weighted by molar-refractivity contribution is -0.124. The van der Waals surface area contributed by atoms with Gasteiger partial charge in [-0.05, 0) is 62.0 Å². The second-order valence-corrected chi connectivity index (χ2v) is 11.9. The highest BCUT2D eigenvalue weighted by molar-refractivity contribution is 5.88. The molecule has 3 amide bonds. The van der Waals surface area contributed by atoms with Gasteiger partial charge >= 0.3 is 12.0 Å². The van der Waals surface area contributed by atoms with Crippen molar-refractivity contribution in [3.05, 3.63) is 53.4 Å². The van der Waals surface area contributed by atoms with E-state index in [1.165, 1.54) is 12.8 Å². The van der Waals surface area contributed by atoms with Crippen molar-refractivity contribution in [2.75, 3.05) is 0 Å². The standard InChI is InChI=1S/C30H39N5O5/c1-16(2)11-23(33-30(39)32-22-13-18-9-10-19(22)12-18)27(36)31-24(28-34-26(29(37)38)17(3)40-28)14-20-15-35(4)25-8-6-5-7-21(20)25/h5-8,15-16,18-19,22-24H,9-14H2,1-4H3,(H,31,36)(H,37,38)(H2,32,33,39)/t18-,19+,22+,23-,24+/m0/s1. The number of hydrogen-bond acceptors (Lipinski definition) is 5. The minimum Gasteiger partial charge on any atom is -0.476 e. The number of urea groups is 1. The summed E-state index contributed by atoms with van der Waals surface area (Å²) in [4.78, 5) is 42.6. The van der Waals surface area contributed by atoms with Gasteiger partial charge in [0.25, 0.3) is 0 Å². The molecule has 1 aromatic carbocycles. The van der Waals surface area contributed by atoms with Crippen LogP contribution in [0.15, 0.2) is 34.9 Å². The highest BCUT2D eigenvalue weighted by Gasteiger charge is 2.40. The largest absolute Gasteiger partial charge is 0.476 e. The van der Waals surface area contributed by atoms with Gasteiger partial charge in [0.1, 0.15) is 17.8 Å². The number of carboxylic acids is 1. The van der Waals surface area contributed by atoms with Crippen LogP contribution in [0.25, 0.3) is 10.9 Å². The number of aromatic nitrogens is 2. The molecule has 2 bridgehead atoms. The molecule has 2 heterocycles. The summed E-state index contributed by atoms with van der Waals surface area (Å²) in [6.07, 6.45) is 7.33. The number of carboxylic acid groups (broad SMARTS) is 1. The van der Waals surface area contributed by atoms with Crippen LogP contribution in [0, 0.1) is 24.7 Å². The Hall–Kier alpha value is -3.82. The minimum atomic E-state index is -1.20. The smallest absolute Gasteiger partial charge is 0.358 e. The van der Waals surface area contributed by atoms with E-state index >= 15 is 0 Å². The van der Waals surface area contributed by atoms with Crippen molar-refractivity contribution in [2.24, 2.45) is 24.8 Å². The first-order chi connectivity index (χ1) is 19.1. The summed E-state index contributed by atoms with van der Waals surface area (Å²) in [6, 6.07) is 6.26. The summed E-state index contributed by atoms with van der Waals surface area (Å²) in [7, 11) is 1.95. The minimum absolute atomic E-state index is 0.117. The average molecular weight is 550 g/mol. The third-order valence-corrected chi connectivity index (χ3v) is 8.42. The predicted molar refractivity (Wildman–Crippen MR) is 150 cm³/mol. The molecule has 0 radical (unpaired) electrons. The maximum absolute atomic E-state index is 13.7. The Balaban J connectivity index is 1.37. The molecule has 40 heavy (non-hydrogen) atoms. The van der Waals surface area contributed by atoms with E-state index in [0.717, 1.165) is 29.3 Å². The van der Waals surface area contributed by atoms with E-state index in [4.69, 9.17) is 4.42 Å². The van der Waals surface area contributed by atoms with Crippen LogP contribution >= 0.6 is 0 Å². The molecule has 0 unspecified atom stereocenters. The molecule has 0 aliphatic heterocycles. The van der Waals surface area contributed by atoms with E-state index in [-0.39, 0.29) is 41.2 Å². The normalized spacial score (nSPS) is 21.5. The topological polar surface area (TPSA) is 138 Å². The zero-order valence-corrected chi connectivity index (χ0v) is 23.6. The lowest BCUT2D eigenvalue weighted by Gasteiger charge is -2.26. The Morgan fingerprint density at radius 3 is 2.58 bits per heavy atom. The summed E-state index contributed by atoms with van der Waals surface area (Å²) in [5.74, 6) is 0.0918. The molecule has 2 saturated carbocycles. The second-order valence-electron chi connectivity index (χ2n) is 11.9. The molecular weight excluding hydrogens is 510 g/mol. The Morgan fingerprint density at radius 2 is 1.93 bits per heavy atom. The van der Waals surface area contributed by atoms with Crippen LogP contribution in [0.3, 0.4) is 0 Å². The molecular formula is C30H39N5O5. The number of hydrogen-bond donors (Lipinski definition) is 4. The molecule has 10 nitrogen and oxygen atoms in total. The van der Waals surface area contributed by atoms with Crippen molar-refractivity contribution in [3.8, 4) is 0 Å². The van der Waals surface area contributed by atoms with Gasteiger partial charge in [-0.15, -0.1) is 0 Å². The van der Waals surface area contributed by atoms with Crippen LogP contribution in [-0.2, 0) is 18.3 Å². The number of nitrogens with one attached hydrogen (secondary N) is 3. The van der Waals surface area contributed by atoms with E-state index in [9.17, 15) is 19.5 Å². The summed E-state index contributed by atoms with van der Waals surface area (Å²) in [5.41, 5.74) is 1.81. The van der Waals surface area contributed by atoms with Crippen LogP contribution in [0.2, 0.25) is 0 Å². The summed E-state index contributed by atoms with van der Waals surface area (Å²) < 4.78 is 7.79. The molecule has 0 spiro atoms. The van der Waals surface area contributed by atoms with E-state index in [2.05, 4.69) is 20.9 Å². The molecule has 3 aromatic rings. The molecule has 4 N–H and O–H groups in total. The maximum atomic E-state index is 13.7. The van der Waals surface area contributed by atoms with Crippen molar-refractivity contribution in [1.29, 1.82) is 0 Å². The van der Waals surface area contributed by atoms with Crippen LogP contribution in [0.1, 0.15) is 79.7 Å². The zero-order chi connectivity index (χ0) is 28.6. The van der Waals surface area contributed by atoms with E-state index in [0.29, 0.717) is 24.7 Å². The fourth-order valence-corrected chi connectivity index (χ4v) is 6.54. The van der Waals surface area contributed by atoms with Gasteiger partial charge in [0.15, 0.2) is 5.69 Å². The Labute approximate surface area is 233 Å². The van der Waals surface area contributed by atoms with Gasteiger partial charge in [-0.1, -0.05) is 38.5 Å². The number of carbonyl (C=O) groups excluding carboxylic acids is 2. The number of amides is 3. The van der Waals surface area contributed by atoms with E-state index in [1.807, 2.05) is 55.9 Å². The van der Waals surface area contributed by atoms with Gasteiger partial charge < -0.3 is 30.0 Å². The first-order valence-electron chi connectivity index (χ1n) is 14.2. The summed E-state index contributed by atoms with van der Waals surface area (Å²) in [5, 5.41) is 19.6. The summed E-state index contributed by atoms with van der Waals surface area (Å²) in [6.45, 7) is 5.54. The highest BCUT2D eigenvalue weighted by atomic mass is 16.4. The Bertz CT molecular complexity index is 1410. The van der Waals surface area contributed by atoms with Crippen molar-refractivity contribution >= 4 is 28.8 Å². The van der Waals surface area contributed by atoms with Crippen LogP contribution < -0.4 is 16.0 Å². The van der Waals surface area contributed by atoms with Gasteiger partial charge in [0.2, 0.25) is 11.8 Å². The summed E-state index contributed by atoms with van der Waals surface area (Å²) >= 11 is 0. The van der Waals surface area contributed by atoms with Crippen LogP contribution in [0.5, 0.6) is 0 Å². The van der Waals surface area contributed by atoms with Crippen LogP contribution in [-0.4, -0.2) is 44.6 Å². The molecule has 2 aliphatic rings. The van der Waals surface area contributed by atoms with Crippen molar-refractivity contribution in [3.63, 3.8) is 0 Å². The number of aromatic carboxylic acids is 1. The number of benzene rings is 1. The number of aryl methyl sites for hydroxylation is 2. The fourth-order valence-electron chi connectivity index (χ4n) is 6.54. The van der Waals surface area contributed by atoms with Gasteiger partial charge in [-0.25, -0.2) is 14.6 Å². The highest BCUT2D eigenvalue weighted by Crippen LogP contribution is 2.44. The molecule has 2 aliphatic carbocycles. The molecule has 2 fully saturated rings. The first kappa shape index (κ1) is 27.7. The number of rotatable bonds is 10. The van der Waals surface area contributed by atoms with Crippen molar-refractivity contribution < 1.29 is 23.9 Å². The average Bonchev–Trinajstić information content (AvgIpc) is 3.67. The molecule has 214 valence electrons. The van der Waals surface area contributed by atoms with Crippen molar-refractivity contribution in [1.82, 2.24) is 25.5 Å². The van der Waals surface area contributed by atoms with E-state index < -0.39 is 18.1 Å². The number of carbonyl (C=O) groups is 3. The second kappa shape index (κ2) is 11.3. The number of oxazole rings is 1. The maximum Gasteiger partial charge on any atom is 0.358 e. The van der Waals surface area contributed by atoms with Crippen LogP contribution in [0.4, 0.5) is 4.79 Å². The van der Waals surface area contributed by atoms with E-state index in [1.54, 1.807) is 6.92 Å². The Morgan fingerprint density at radius 1 is 1.15 bits per heavy atom. The Kier molecular flexibility index (Phi) is 7.87. The molecule has 5 atom stereocenters. The van der Waals surface area contributed by atoms with Gasteiger partial charge in [-0.2, -0.15) is 0 Å². The third-order valence-electron chi connectivity index (χ3n) is 8.42. The third kappa shape index (κ3) is 5.85. The SMILES string of the molecule is Cc1oc([C@@H](Cc2cn(C)c3ccccc23)NC(=O)[C@H](CC(C)C)NC(=O)N[C@@H]2C[C@H]3CC[C@@H]2C3)nc1C(=O)O. The number of nitrogens with zero attached hydrogens (tertiary/aromatic N) is 2.